The second-order valence-electron chi connectivity index (χ2n) is 5.39. The van der Waals surface area contributed by atoms with Gasteiger partial charge in [-0.05, 0) is 35.2 Å². The van der Waals surface area contributed by atoms with Gasteiger partial charge in [0.05, 0.1) is 11.9 Å². The Balaban J connectivity index is 2.19. The molecule has 0 aromatic carbocycles. The maximum Gasteiger partial charge on any atom is 0.109 e. The molecule has 2 atom stereocenters. The van der Waals surface area contributed by atoms with Crippen molar-refractivity contribution >= 4 is 21.5 Å². The highest BCUT2D eigenvalue weighted by atomic mass is 79.9. The second-order valence-corrected chi connectivity index (χ2v) is 6.41. The van der Waals surface area contributed by atoms with Gasteiger partial charge in [-0.15, -0.1) is 0 Å². The van der Waals surface area contributed by atoms with Gasteiger partial charge in [0.1, 0.15) is 5.82 Å². The van der Waals surface area contributed by atoms with E-state index in [-0.39, 0.29) is 0 Å². The number of hydrogen-bond acceptors (Lipinski definition) is 1. The van der Waals surface area contributed by atoms with Crippen molar-refractivity contribution in [1.82, 2.24) is 9.97 Å². The van der Waals surface area contributed by atoms with Crippen LogP contribution >= 0.6 is 15.9 Å². The Morgan fingerprint density at radius 1 is 1.26 bits per heavy atom. The Morgan fingerprint density at radius 3 is 2.63 bits per heavy atom. The molecular formula is C16H23BrN2. The fourth-order valence-electron chi connectivity index (χ4n) is 2.67. The Bertz CT molecular complexity index is 485. The van der Waals surface area contributed by atoms with E-state index < -0.39 is 0 Å². The van der Waals surface area contributed by atoms with E-state index in [0.29, 0.717) is 11.8 Å². The molecule has 1 aliphatic rings. The average molecular weight is 323 g/mol. The van der Waals surface area contributed by atoms with Gasteiger partial charge in [0.2, 0.25) is 0 Å². The van der Waals surface area contributed by atoms with Crippen LogP contribution in [0.25, 0.3) is 5.57 Å². The van der Waals surface area contributed by atoms with Crippen molar-refractivity contribution in [3.8, 4) is 0 Å². The third-order valence-corrected chi connectivity index (χ3v) is 4.82. The zero-order valence-electron chi connectivity index (χ0n) is 12.0. The van der Waals surface area contributed by atoms with Crippen LogP contribution in [0.15, 0.2) is 22.8 Å². The number of allylic oxidation sites excluding steroid dienone is 4. The molecule has 2 unspecified atom stereocenters. The fourth-order valence-corrected chi connectivity index (χ4v) is 3.00. The van der Waals surface area contributed by atoms with Gasteiger partial charge in [0, 0.05) is 5.92 Å². The first-order valence-corrected chi connectivity index (χ1v) is 8.05. The zero-order chi connectivity index (χ0) is 13.8. The van der Waals surface area contributed by atoms with Gasteiger partial charge in [-0.2, -0.15) is 0 Å². The lowest BCUT2D eigenvalue weighted by atomic mass is 9.89. The van der Waals surface area contributed by atoms with Crippen molar-refractivity contribution in [3.63, 3.8) is 0 Å². The van der Waals surface area contributed by atoms with Crippen LogP contribution in [-0.4, -0.2) is 9.97 Å². The van der Waals surface area contributed by atoms with Gasteiger partial charge in [-0.1, -0.05) is 55.3 Å². The standard InChI is InChI=1S/C16H23BrN2/c1-4-11(3)14(5-2)16-18-10-15(19-16)12-6-8-13(17)9-7-12/h6,8,10-11,14H,4-5,7,9H2,1-3H3,(H,18,19). The summed E-state index contributed by atoms with van der Waals surface area (Å²) in [5, 5.41) is 0. The normalized spacial score (nSPS) is 18.7. The van der Waals surface area contributed by atoms with Crippen LogP contribution in [0.2, 0.25) is 0 Å². The van der Waals surface area contributed by atoms with Crippen LogP contribution in [0.4, 0.5) is 0 Å². The van der Waals surface area contributed by atoms with Gasteiger partial charge in [-0.25, -0.2) is 4.98 Å². The Morgan fingerprint density at radius 2 is 2.05 bits per heavy atom. The molecule has 2 nitrogen and oxygen atoms in total. The minimum atomic E-state index is 0.546. The third kappa shape index (κ3) is 3.38. The van der Waals surface area contributed by atoms with Crippen molar-refractivity contribution in [2.75, 3.05) is 0 Å². The van der Waals surface area contributed by atoms with E-state index in [4.69, 9.17) is 0 Å². The van der Waals surface area contributed by atoms with Crippen LogP contribution in [0.3, 0.4) is 0 Å². The van der Waals surface area contributed by atoms with Crippen molar-refractivity contribution in [1.29, 1.82) is 0 Å². The van der Waals surface area contributed by atoms with E-state index in [2.05, 4.69) is 58.8 Å². The topological polar surface area (TPSA) is 28.7 Å². The summed E-state index contributed by atoms with van der Waals surface area (Å²) in [6.07, 6.45) is 10.8. The summed E-state index contributed by atoms with van der Waals surface area (Å²) in [7, 11) is 0. The van der Waals surface area contributed by atoms with E-state index in [1.165, 1.54) is 22.2 Å². The predicted molar refractivity (Wildman–Crippen MR) is 85.3 cm³/mol. The van der Waals surface area contributed by atoms with Crippen molar-refractivity contribution in [2.24, 2.45) is 5.92 Å². The molecule has 1 N–H and O–H groups in total. The lowest BCUT2D eigenvalue weighted by Crippen LogP contribution is -2.09. The monoisotopic (exact) mass is 322 g/mol. The number of hydrogen-bond donors (Lipinski definition) is 1. The van der Waals surface area contributed by atoms with Gasteiger partial charge in [0.25, 0.3) is 0 Å². The molecule has 2 rings (SSSR count). The molecule has 0 amide bonds. The summed E-state index contributed by atoms with van der Waals surface area (Å²) in [6, 6.07) is 0. The minimum absolute atomic E-state index is 0.546. The van der Waals surface area contributed by atoms with Crippen molar-refractivity contribution in [3.05, 3.63) is 34.3 Å². The molecule has 1 aliphatic carbocycles. The fraction of sp³-hybridized carbons (Fsp3) is 0.562. The van der Waals surface area contributed by atoms with Gasteiger partial charge in [0.15, 0.2) is 0 Å². The lowest BCUT2D eigenvalue weighted by molar-refractivity contribution is 0.420. The highest BCUT2D eigenvalue weighted by molar-refractivity contribution is 9.11. The molecule has 0 spiro atoms. The molecule has 1 heterocycles. The number of aromatic amines is 1. The first-order valence-electron chi connectivity index (χ1n) is 7.26. The van der Waals surface area contributed by atoms with Crippen LogP contribution in [-0.2, 0) is 0 Å². The highest BCUT2D eigenvalue weighted by Gasteiger charge is 2.20. The van der Waals surface area contributed by atoms with Gasteiger partial charge in [-0.3, -0.25) is 0 Å². The largest absolute Gasteiger partial charge is 0.342 e. The number of nitrogens with one attached hydrogen (secondary N) is 1. The number of H-pyrrole nitrogens is 1. The van der Waals surface area contributed by atoms with E-state index in [1.807, 2.05) is 6.20 Å². The smallest absolute Gasteiger partial charge is 0.109 e. The summed E-state index contributed by atoms with van der Waals surface area (Å²) >= 11 is 3.55. The highest BCUT2D eigenvalue weighted by Crippen LogP contribution is 2.31. The maximum absolute atomic E-state index is 4.62. The van der Waals surface area contributed by atoms with Crippen molar-refractivity contribution < 1.29 is 0 Å². The van der Waals surface area contributed by atoms with Crippen LogP contribution < -0.4 is 0 Å². The SMILES string of the molecule is CCC(C)C(CC)c1ncc(C2=CC=C(Br)CC2)[nH]1. The summed E-state index contributed by atoms with van der Waals surface area (Å²) in [5.74, 6) is 2.38. The Kier molecular flexibility index (Phi) is 5.03. The molecular weight excluding hydrogens is 300 g/mol. The summed E-state index contributed by atoms with van der Waals surface area (Å²) in [5.41, 5.74) is 2.55. The molecule has 1 aromatic heterocycles. The number of rotatable bonds is 5. The first-order chi connectivity index (χ1) is 9.15. The molecule has 0 saturated heterocycles. The van der Waals surface area contributed by atoms with Crippen LogP contribution in [0.1, 0.15) is 63.9 Å². The molecule has 0 aliphatic heterocycles. The van der Waals surface area contributed by atoms with Crippen LogP contribution in [0.5, 0.6) is 0 Å². The summed E-state index contributed by atoms with van der Waals surface area (Å²) in [6.45, 7) is 6.82. The molecule has 0 radical (unpaired) electrons. The van der Waals surface area contributed by atoms with E-state index >= 15 is 0 Å². The van der Waals surface area contributed by atoms with Crippen LogP contribution in [0, 0.1) is 5.92 Å². The first kappa shape index (κ1) is 14.6. The second kappa shape index (κ2) is 6.56. The number of nitrogens with zero attached hydrogens (tertiary/aromatic N) is 1. The number of imidazole rings is 1. The van der Waals surface area contributed by atoms with Gasteiger partial charge < -0.3 is 4.98 Å². The molecule has 19 heavy (non-hydrogen) atoms. The predicted octanol–water partition coefficient (Wildman–Crippen LogP) is 5.41. The lowest BCUT2D eigenvalue weighted by Gasteiger charge is -2.19. The molecule has 0 bridgehead atoms. The molecule has 1 aromatic rings. The Hall–Kier alpha value is -0.830. The third-order valence-electron chi connectivity index (χ3n) is 4.16. The maximum atomic E-state index is 4.62. The summed E-state index contributed by atoms with van der Waals surface area (Å²) < 4.78 is 1.28. The van der Waals surface area contributed by atoms with E-state index in [1.54, 1.807) is 0 Å². The van der Waals surface area contributed by atoms with E-state index in [9.17, 15) is 0 Å². The number of aromatic nitrogens is 2. The van der Waals surface area contributed by atoms with Gasteiger partial charge >= 0.3 is 0 Å². The van der Waals surface area contributed by atoms with E-state index in [0.717, 1.165) is 25.1 Å². The van der Waals surface area contributed by atoms with Crippen molar-refractivity contribution in [2.45, 2.75) is 52.4 Å². The zero-order valence-corrected chi connectivity index (χ0v) is 13.6. The number of halogens is 1. The minimum Gasteiger partial charge on any atom is -0.342 e. The summed E-state index contributed by atoms with van der Waals surface area (Å²) in [4.78, 5) is 8.16. The Labute approximate surface area is 124 Å². The average Bonchev–Trinajstić information content (AvgIpc) is 2.89. The molecule has 104 valence electrons. The molecule has 0 fully saturated rings. The molecule has 3 heteroatoms. The molecule has 0 saturated carbocycles. The quantitative estimate of drug-likeness (QED) is 0.771.